The van der Waals surface area contributed by atoms with Gasteiger partial charge in [0.15, 0.2) is 0 Å². The number of halogens is 1. The van der Waals surface area contributed by atoms with Gasteiger partial charge in [-0.2, -0.15) is 0 Å². The minimum Gasteiger partial charge on any atom is -0.489 e. The van der Waals surface area contributed by atoms with Crippen molar-refractivity contribution in [1.82, 2.24) is 14.9 Å². The molecule has 2 aromatic rings. The summed E-state index contributed by atoms with van der Waals surface area (Å²) in [5.74, 6) is 0.713. The Bertz CT molecular complexity index is 759. The summed E-state index contributed by atoms with van der Waals surface area (Å²) in [6.45, 7) is 8.79. The van der Waals surface area contributed by atoms with E-state index < -0.39 is 0 Å². The zero-order valence-electron chi connectivity index (χ0n) is 13.7. The molecule has 23 heavy (non-hydrogen) atoms. The highest BCUT2D eigenvalue weighted by Crippen LogP contribution is 2.31. The number of likely N-dealkylation sites (tertiary alicyclic amines) is 1. The predicted octanol–water partition coefficient (Wildman–Crippen LogP) is 3.33. The van der Waals surface area contributed by atoms with E-state index in [4.69, 9.17) is 4.74 Å². The SMILES string of the molecule is CC(C)(C)N1CCC(Oc2cc3c(=O)[nH]cnc3cc2Br)CC1. The zero-order chi connectivity index (χ0) is 16.6. The first-order valence-electron chi connectivity index (χ1n) is 7.93. The molecule has 5 nitrogen and oxygen atoms in total. The van der Waals surface area contributed by atoms with Crippen molar-refractivity contribution in [2.45, 2.75) is 45.3 Å². The summed E-state index contributed by atoms with van der Waals surface area (Å²) in [4.78, 5) is 21.2. The lowest BCUT2D eigenvalue weighted by atomic mass is 9.99. The molecule has 124 valence electrons. The lowest BCUT2D eigenvalue weighted by molar-refractivity contribution is 0.0489. The van der Waals surface area contributed by atoms with Crippen molar-refractivity contribution in [3.63, 3.8) is 0 Å². The highest BCUT2D eigenvalue weighted by Gasteiger charge is 2.28. The fraction of sp³-hybridized carbons (Fsp3) is 0.529. The number of H-pyrrole nitrogens is 1. The number of hydrogen-bond acceptors (Lipinski definition) is 4. The van der Waals surface area contributed by atoms with Crippen LogP contribution in [0.25, 0.3) is 10.9 Å². The van der Waals surface area contributed by atoms with Crippen molar-refractivity contribution in [2.24, 2.45) is 0 Å². The average molecular weight is 380 g/mol. The van der Waals surface area contributed by atoms with E-state index in [1.54, 1.807) is 6.07 Å². The number of nitrogens with zero attached hydrogens (tertiary/aromatic N) is 2. The molecule has 1 aliphatic rings. The molecule has 1 aliphatic heterocycles. The first-order valence-corrected chi connectivity index (χ1v) is 8.72. The summed E-state index contributed by atoms with van der Waals surface area (Å²) in [6, 6.07) is 3.62. The molecule has 1 fully saturated rings. The molecular weight excluding hydrogens is 358 g/mol. The van der Waals surface area contributed by atoms with Crippen LogP contribution in [-0.4, -0.2) is 39.6 Å². The Morgan fingerprint density at radius 3 is 2.65 bits per heavy atom. The van der Waals surface area contributed by atoms with Crippen LogP contribution in [0.4, 0.5) is 0 Å². The van der Waals surface area contributed by atoms with Gasteiger partial charge in [-0.15, -0.1) is 0 Å². The fourth-order valence-electron chi connectivity index (χ4n) is 2.98. The fourth-order valence-corrected chi connectivity index (χ4v) is 3.41. The molecule has 0 radical (unpaired) electrons. The highest BCUT2D eigenvalue weighted by atomic mass is 79.9. The molecule has 0 spiro atoms. The van der Waals surface area contributed by atoms with Gasteiger partial charge in [-0.05, 0) is 61.7 Å². The number of aromatic nitrogens is 2. The van der Waals surface area contributed by atoms with Crippen LogP contribution in [0.15, 0.2) is 27.7 Å². The Morgan fingerprint density at radius 2 is 2.00 bits per heavy atom. The van der Waals surface area contributed by atoms with Crippen molar-refractivity contribution in [3.05, 3.63) is 33.3 Å². The van der Waals surface area contributed by atoms with E-state index in [9.17, 15) is 4.79 Å². The van der Waals surface area contributed by atoms with Crippen molar-refractivity contribution < 1.29 is 4.74 Å². The maximum atomic E-state index is 11.9. The van der Waals surface area contributed by atoms with E-state index in [0.717, 1.165) is 30.4 Å². The summed E-state index contributed by atoms with van der Waals surface area (Å²) < 4.78 is 6.99. The van der Waals surface area contributed by atoms with Crippen LogP contribution in [0.3, 0.4) is 0 Å². The summed E-state index contributed by atoms with van der Waals surface area (Å²) >= 11 is 3.52. The van der Waals surface area contributed by atoms with Crippen LogP contribution in [0.5, 0.6) is 5.75 Å². The molecule has 2 heterocycles. The first-order chi connectivity index (χ1) is 10.8. The third kappa shape index (κ3) is 3.58. The van der Waals surface area contributed by atoms with E-state index in [1.165, 1.54) is 6.33 Å². The van der Waals surface area contributed by atoms with Crippen molar-refractivity contribution >= 4 is 26.8 Å². The quantitative estimate of drug-likeness (QED) is 0.869. The lowest BCUT2D eigenvalue weighted by Crippen LogP contribution is -2.48. The Kier molecular flexibility index (Phi) is 4.47. The van der Waals surface area contributed by atoms with Gasteiger partial charge in [0, 0.05) is 18.6 Å². The molecule has 3 rings (SSSR count). The standard InChI is InChI=1S/C17H22BrN3O2/c1-17(2,3)21-6-4-11(5-7-21)23-15-8-12-14(9-13(15)18)19-10-20-16(12)22/h8-11H,4-7H2,1-3H3,(H,19,20,22). The number of rotatable bonds is 2. The first kappa shape index (κ1) is 16.5. The van der Waals surface area contributed by atoms with Gasteiger partial charge < -0.3 is 9.72 Å². The van der Waals surface area contributed by atoms with Crippen LogP contribution < -0.4 is 10.3 Å². The Labute approximate surface area is 144 Å². The maximum absolute atomic E-state index is 11.9. The van der Waals surface area contributed by atoms with E-state index >= 15 is 0 Å². The topological polar surface area (TPSA) is 58.2 Å². The molecule has 0 atom stereocenters. The minimum absolute atomic E-state index is 0.144. The molecule has 1 aromatic carbocycles. The summed E-state index contributed by atoms with van der Waals surface area (Å²) in [5.41, 5.74) is 0.721. The van der Waals surface area contributed by atoms with Gasteiger partial charge in [0.1, 0.15) is 11.9 Å². The Morgan fingerprint density at radius 1 is 1.30 bits per heavy atom. The van der Waals surface area contributed by atoms with E-state index in [2.05, 4.69) is 51.6 Å². The molecule has 0 amide bonds. The number of piperidine rings is 1. The van der Waals surface area contributed by atoms with Gasteiger partial charge in [-0.25, -0.2) is 4.98 Å². The van der Waals surface area contributed by atoms with Gasteiger partial charge in [-0.3, -0.25) is 9.69 Å². The van der Waals surface area contributed by atoms with Crippen molar-refractivity contribution in [1.29, 1.82) is 0 Å². The van der Waals surface area contributed by atoms with Gasteiger partial charge in [0.2, 0.25) is 0 Å². The minimum atomic E-state index is -0.144. The Hall–Kier alpha value is -1.40. The lowest BCUT2D eigenvalue weighted by Gasteiger charge is -2.40. The third-order valence-electron chi connectivity index (χ3n) is 4.38. The average Bonchev–Trinajstić information content (AvgIpc) is 2.48. The summed E-state index contributed by atoms with van der Waals surface area (Å²) in [6.07, 6.45) is 3.58. The van der Waals surface area contributed by atoms with Crippen LogP contribution in [-0.2, 0) is 0 Å². The molecule has 6 heteroatoms. The second-order valence-corrected chi connectivity index (χ2v) is 7.86. The monoisotopic (exact) mass is 379 g/mol. The smallest absolute Gasteiger partial charge is 0.258 e. The van der Waals surface area contributed by atoms with E-state index in [1.807, 2.05) is 6.07 Å². The second kappa shape index (κ2) is 6.24. The highest BCUT2D eigenvalue weighted by molar-refractivity contribution is 9.10. The van der Waals surface area contributed by atoms with Crippen LogP contribution in [0, 0.1) is 0 Å². The van der Waals surface area contributed by atoms with Crippen LogP contribution in [0.2, 0.25) is 0 Å². The largest absolute Gasteiger partial charge is 0.489 e. The molecule has 1 aromatic heterocycles. The van der Waals surface area contributed by atoms with Crippen LogP contribution >= 0.6 is 15.9 Å². The van der Waals surface area contributed by atoms with Gasteiger partial charge in [0.05, 0.1) is 21.7 Å². The normalized spacial score (nSPS) is 17.6. The molecule has 0 aliphatic carbocycles. The third-order valence-corrected chi connectivity index (χ3v) is 5.00. The predicted molar refractivity (Wildman–Crippen MR) is 95.0 cm³/mol. The molecule has 1 N–H and O–H groups in total. The van der Waals surface area contributed by atoms with Gasteiger partial charge >= 0.3 is 0 Å². The summed E-state index contributed by atoms with van der Waals surface area (Å²) in [7, 11) is 0. The molecular formula is C17H22BrN3O2. The van der Waals surface area contributed by atoms with E-state index in [0.29, 0.717) is 16.7 Å². The molecule has 1 saturated heterocycles. The van der Waals surface area contributed by atoms with E-state index in [-0.39, 0.29) is 17.2 Å². The number of aromatic amines is 1. The van der Waals surface area contributed by atoms with Crippen molar-refractivity contribution in [3.8, 4) is 5.75 Å². The molecule has 0 bridgehead atoms. The van der Waals surface area contributed by atoms with Crippen LogP contribution in [0.1, 0.15) is 33.6 Å². The molecule has 0 unspecified atom stereocenters. The number of nitrogens with one attached hydrogen (secondary N) is 1. The van der Waals surface area contributed by atoms with Gasteiger partial charge in [0.25, 0.3) is 5.56 Å². The second-order valence-electron chi connectivity index (χ2n) is 7.01. The molecule has 0 saturated carbocycles. The number of hydrogen-bond donors (Lipinski definition) is 1. The number of benzene rings is 1. The summed E-state index contributed by atoms with van der Waals surface area (Å²) in [5, 5.41) is 0.554. The van der Waals surface area contributed by atoms with Crippen molar-refractivity contribution in [2.75, 3.05) is 13.1 Å². The number of fused-ring (bicyclic) bond motifs is 1. The zero-order valence-corrected chi connectivity index (χ0v) is 15.3. The van der Waals surface area contributed by atoms with Gasteiger partial charge in [-0.1, -0.05) is 0 Å². The maximum Gasteiger partial charge on any atom is 0.258 e. The Balaban J connectivity index is 1.76. The number of ether oxygens (including phenoxy) is 1.